The fourth-order valence-electron chi connectivity index (χ4n) is 14.8. The van der Waals surface area contributed by atoms with Crippen LogP contribution in [0, 0.1) is 0 Å². The molecular weight excluding hydrogens is 1600 g/mol. The minimum Gasteiger partial charge on any atom is -0.308 e. The summed E-state index contributed by atoms with van der Waals surface area (Å²) in [6, 6.07) is 114. The van der Waals surface area contributed by atoms with E-state index in [0.29, 0.717) is 11.6 Å². The molecule has 0 saturated heterocycles. The summed E-state index contributed by atoms with van der Waals surface area (Å²) in [5.74, 6) is 1.40. The number of benzene rings is 10. The van der Waals surface area contributed by atoms with E-state index in [1.807, 2.05) is 158 Å². The Morgan fingerprint density at radius 1 is 0.202 bits per heavy atom. The fraction of sp³-hybridized carbons (Fsp3) is 0. The summed E-state index contributed by atoms with van der Waals surface area (Å²) in [6.07, 6.45) is 12.8. The number of hydrogen-bond acceptors (Lipinski definition) is 10. The molecule has 16 heteroatoms. The van der Waals surface area contributed by atoms with Crippen LogP contribution in [0.15, 0.2) is 390 Å². The van der Waals surface area contributed by atoms with Gasteiger partial charge in [-0.25, -0.2) is 24.9 Å². The van der Waals surface area contributed by atoms with E-state index >= 15 is 0 Å². The number of fused-ring (bicyclic) bond motifs is 9. The Labute approximate surface area is 680 Å². The first-order valence-corrected chi connectivity index (χ1v) is 39.4. The van der Waals surface area contributed by atoms with Crippen LogP contribution in [0.1, 0.15) is 0 Å². The van der Waals surface area contributed by atoms with E-state index in [2.05, 4.69) is 278 Å². The summed E-state index contributed by atoms with van der Waals surface area (Å²) in [5.41, 5.74) is 28.1. The highest BCUT2D eigenvalue weighted by Crippen LogP contribution is 2.40. The van der Waals surface area contributed by atoms with Gasteiger partial charge < -0.3 is 13.7 Å². The second-order valence-electron chi connectivity index (χ2n) is 27.3. The summed E-state index contributed by atoms with van der Waals surface area (Å²) < 4.78 is 9.90. The van der Waals surface area contributed by atoms with Gasteiger partial charge in [0.25, 0.3) is 0 Å². The highest BCUT2D eigenvalue weighted by molar-refractivity contribution is 9.11. The Bertz CT molecular complexity index is 6290. The quantitative estimate of drug-likeness (QED) is 0.116. The van der Waals surface area contributed by atoms with Gasteiger partial charge in [0.1, 0.15) is 0 Å². The van der Waals surface area contributed by atoms with Crippen molar-refractivity contribution in [2.24, 2.45) is 0 Å². The van der Waals surface area contributed by atoms with Crippen LogP contribution in [0.3, 0.4) is 0 Å². The van der Waals surface area contributed by atoms with Gasteiger partial charge in [0.2, 0.25) is 0 Å². The van der Waals surface area contributed by atoms with Crippen molar-refractivity contribution >= 4 is 114 Å². The Hall–Kier alpha value is -13.9. The van der Waals surface area contributed by atoms with Crippen molar-refractivity contribution < 1.29 is 0 Å². The molecule has 0 fully saturated rings. The number of halogens is 3. The Kier molecular flexibility index (Phi) is 19.2. The molecule has 0 bridgehead atoms. The minimum atomic E-state index is 0.689. The number of rotatable bonds is 12. The maximum atomic E-state index is 5.02. The molecule has 540 valence electrons. The lowest BCUT2D eigenvalue weighted by molar-refractivity contribution is 1.15. The van der Waals surface area contributed by atoms with Gasteiger partial charge in [-0.15, -0.1) is 0 Å². The maximum absolute atomic E-state index is 5.02. The highest BCUT2D eigenvalue weighted by atomic mass is 79.9. The van der Waals surface area contributed by atoms with Crippen molar-refractivity contribution in [3.8, 4) is 119 Å². The Morgan fingerprint density at radius 3 is 0.912 bits per heavy atom. The average molecular weight is 1660 g/mol. The second-order valence-corrected chi connectivity index (χ2v) is 30.0. The van der Waals surface area contributed by atoms with Crippen molar-refractivity contribution in [3.63, 3.8) is 0 Å². The topological polar surface area (TPSA) is 144 Å². The van der Waals surface area contributed by atoms with Gasteiger partial charge in [0.15, 0.2) is 11.6 Å². The van der Waals surface area contributed by atoms with Gasteiger partial charge in [-0.2, -0.15) is 0 Å². The van der Waals surface area contributed by atoms with Crippen LogP contribution < -0.4 is 0 Å². The average Bonchev–Trinajstić information content (AvgIpc) is 1.69. The summed E-state index contributed by atoms with van der Waals surface area (Å²) in [4.78, 5) is 47.7. The summed E-state index contributed by atoms with van der Waals surface area (Å²) in [6.45, 7) is 0. The van der Waals surface area contributed by atoms with Crippen LogP contribution in [0.4, 0.5) is 0 Å². The molecule has 0 spiro atoms. The molecule has 0 aliphatic rings. The molecule has 0 unspecified atom stereocenters. The first-order chi connectivity index (χ1) is 56.2. The second kappa shape index (κ2) is 31.1. The monoisotopic (exact) mass is 1660 g/mol. The van der Waals surface area contributed by atoms with Crippen molar-refractivity contribution in [2.45, 2.75) is 0 Å². The molecule has 11 heterocycles. The van der Waals surface area contributed by atoms with Gasteiger partial charge in [0, 0.05) is 135 Å². The van der Waals surface area contributed by atoms with Crippen LogP contribution in [0.25, 0.3) is 184 Å². The molecule has 13 nitrogen and oxygen atoms in total. The largest absolute Gasteiger partial charge is 0.308 e. The first kappa shape index (κ1) is 70.5. The van der Waals surface area contributed by atoms with E-state index in [9.17, 15) is 0 Å². The van der Waals surface area contributed by atoms with E-state index in [0.717, 1.165) is 186 Å². The van der Waals surface area contributed by atoms with E-state index in [4.69, 9.17) is 39.9 Å². The molecule has 10 aromatic carbocycles. The molecule has 0 saturated carbocycles. The predicted molar refractivity (Wildman–Crippen MR) is 472 cm³/mol. The van der Waals surface area contributed by atoms with E-state index in [1.165, 1.54) is 0 Å². The molecule has 21 aromatic rings. The van der Waals surface area contributed by atoms with Crippen molar-refractivity contribution in [1.29, 1.82) is 0 Å². The lowest BCUT2D eigenvalue weighted by Crippen LogP contribution is -1.98. The van der Waals surface area contributed by atoms with Crippen molar-refractivity contribution in [2.75, 3.05) is 0 Å². The van der Waals surface area contributed by atoms with Crippen LogP contribution in [0.2, 0.25) is 0 Å². The molecule has 0 N–H and O–H groups in total. The van der Waals surface area contributed by atoms with Gasteiger partial charge >= 0.3 is 0 Å². The van der Waals surface area contributed by atoms with E-state index in [-0.39, 0.29) is 0 Å². The van der Waals surface area contributed by atoms with Gasteiger partial charge in [0.05, 0.1) is 83.8 Å². The third kappa shape index (κ3) is 14.1. The van der Waals surface area contributed by atoms with Crippen molar-refractivity contribution in [1.82, 2.24) is 63.5 Å². The molecule has 114 heavy (non-hydrogen) atoms. The molecule has 0 aliphatic carbocycles. The molecule has 0 radical (unpaired) electrons. The summed E-state index contributed by atoms with van der Waals surface area (Å²) in [5, 5.41) is 3.33. The Morgan fingerprint density at radius 2 is 0.518 bits per heavy atom. The smallest absolute Gasteiger partial charge is 0.160 e. The minimum absolute atomic E-state index is 0.689. The van der Waals surface area contributed by atoms with Gasteiger partial charge in [-0.05, 0) is 187 Å². The van der Waals surface area contributed by atoms with Crippen LogP contribution in [-0.4, -0.2) is 63.5 Å². The maximum Gasteiger partial charge on any atom is 0.160 e. The molecular formula is C98H62Br3N13. The molecule has 0 atom stereocenters. The van der Waals surface area contributed by atoms with Crippen LogP contribution in [-0.2, 0) is 0 Å². The zero-order valence-corrected chi connectivity index (χ0v) is 65.5. The third-order valence-electron chi connectivity index (χ3n) is 20.1. The summed E-state index contributed by atoms with van der Waals surface area (Å²) in [7, 11) is 0. The van der Waals surface area contributed by atoms with Crippen molar-refractivity contribution in [3.05, 3.63) is 390 Å². The predicted octanol–water partition coefficient (Wildman–Crippen LogP) is 25.6. The lowest BCUT2D eigenvalue weighted by atomic mass is 10.0. The first-order valence-electron chi connectivity index (χ1n) is 37.0. The highest BCUT2D eigenvalue weighted by Gasteiger charge is 2.21. The zero-order valence-electron chi connectivity index (χ0n) is 60.7. The molecule has 21 rings (SSSR count). The molecule has 11 aromatic heterocycles. The van der Waals surface area contributed by atoms with Gasteiger partial charge in [-0.1, -0.05) is 206 Å². The number of pyridine rings is 6. The number of aromatic nitrogens is 13. The van der Waals surface area contributed by atoms with Gasteiger partial charge in [-0.3, -0.25) is 24.9 Å². The molecule has 0 aliphatic heterocycles. The standard InChI is InChI=1S/2C33H21BrN4.C32H20BrN5/c34-25-16-17-30-27(20-25)32-31(15-8-18-35-32)38(30)26-14-7-13-24(19-26)29-21-28(22-9-3-1-4-10-22)36-33(37-29)23-11-5-2-6-12-23;34-25-16-17-30-27(20-25)32-31(15-8-18-35-32)38(30)26-14-7-13-24(19-26)33-36-28(22-9-3-1-4-10-22)21-29(37-33)23-11-5-2-6-12-23;33-25-10-11-30-27(18-25)32-31(9-4-14-36-32)38(30)26-8-1-5-21(15-26)24-16-28(22-6-2-12-34-19-22)37-29(17-24)23-7-3-13-35-20-23/h2*1-21H;1-20H. The van der Waals surface area contributed by atoms with Crippen LogP contribution >= 0.6 is 47.8 Å². The lowest BCUT2D eigenvalue weighted by Gasteiger charge is -2.12. The normalized spacial score (nSPS) is 11.3. The van der Waals surface area contributed by atoms with E-state index < -0.39 is 0 Å². The Balaban J connectivity index is 0.000000115. The SMILES string of the molecule is Brc1ccc2c(c1)c1ncccc1n2-c1cccc(-c2cc(-c3ccccc3)nc(-c3ccccc3)n2)c1.Brc1ccc2c(c1)c1ncccc1n2-c1cccc(-c2cc(-c3cccnc3)nc(-c3cccnc3)c2)c1.Brc1ccc2c(c1)c1ncccc1n2-c1cccc(-c2nc(-c3ccccc3)cc(-c3ccccc3)n2)c1. The third-order valence-corrected chi connectivity index (χ3v) is 21.6. The number of hydrogen-bond donors (Lipinski definition) is 0. The zero-order chi connectivity index (χ0) is 76.4. The number of nitrogens with zero attached hydrogens (tertiary/aromatic N) is 13. The summed E-state index contributed by atoms with van der Waals surface area (Å²) >= 11 is 10.9. The molecule has 0 amide bonds. The fourth-order valence-corrected chi connectivity index (χ4v) is 15.9. The van der Waals surface area contributed by atoms with E-state index in [1.54, 1.807) is 12.4 Å². The van der Waals surface area contributed by atoms with Crippen LogP contribution in [0.5, 0.6) is 0 Å².